The Bertz CT molecular complexity index is 527. The lowest BCUT2D eigenvalue weighted by atomic mass is 10.2. The van der Waals surface area contributed by atoms with E-state index in [9.17, 15) is 4.39 Å². The highest BCUT2D eigenvalue weighted by molar-refractivity contribution is 9.10. The lowest BCUT2D eigenvalue weighted by Crippen LogP contribution is -2.12. The summed E-state index contributed by atoms with van der Waals surface area (Å²) in [6.07, 6.45) is 1.54. The lowest BCUT2D eigenvalue weighted by Gasteiger charge is -2.04. The van der Waals surface area contributed by atoms with Gasteiger partial charge in [-0.3, -0.25) is 0 Å². The first-order chi connectivity index (χ1) is 8.11. The maximum Gasteiger partial charge on any atom is 0.211 e. The molecular weight excluding hydrogens is 287 g/mol. The molecule has 3 nitrogen and oxygen atoms in total. The Morgan fingerprint density at radius 3 is 2.88 bits per heavy atom. The van der Waals surface area contributed by atoms with Crippen molar-refractivity contribution in [2.45, 2.75) is 13.0 Å². The van der Waals surface area contributed by atoms with Crippen molar-refractivity contribution in [3.05, 3.63) is 40.6 Å². The minimum Gasteiger partial charge on any atom is -0.439 e. The summed E-state index contributed by atoms with van der Waals surface area (Å²) in [5.74, 6) is 0.649. The van der Waals surface area contributed by atoms with Crippen LogP contribution in [0.25, 0.3) is 11.3 Å². The fraction of sp³-hybridized carbons (Fsp3) is 0.250. The monoisotopic (exact) mass is 298 g/mol. The predicted molar refractivity (Wildman–Crippen MR) is 67.1 cm³/mol. The first-order valence-corrected chi connectivity index (χ1v) is 5.99. The molecule has 1 unspecified atom stereocenters. The minimum atomic E-state index is -0.334. The highest BCUT2D eigenvalue weighted by Crippen LogP contribution is 2.27. The number of hydrogen-bond acceptors (Lipinski definition) is 3. The standard InChI is InChI=1S/C12H12BrFN2O/c1-7(15-2)12-16-6-11(17-12)9-4-3-8(13)5-10(9)14/h3-7,15H,1-2H3. The van der Waals surface area contributed by atoms with Gasteiger partial charge in [-0.15, -0.1) is 0 Å². The molecule has 0 aliphatic heterocycles. The third-order valence-corrected chi connectivity index (χ3v) is 3.02. The molecule has 2 aromatic rings. The molecule has 1 N–H and O–H groups in total. The first kappa shape index (κ1) is 12.3. The van der Waals surface area contributed by atoms with Gasteiger partial charge < -0.3 is 9.73 Å². The minimum absolute atomic E-state index is 0.00209. The van der Waals surface area contributed by atoms with Gasteiger partial charge in [-0.25, -0.2) is 9.37 Å². The van der Waals surface area contributed by atoms with Crippen molar-refractivity contribution < 1.29 is 8.81 Å². The Labute approximate surface area is 107 Å². The lowest BCUT2D eigenvalue weighted by molar-refractivity contribution is 0.440. The molecule has 0 amide bonds. The molecule has 0 bridgehead atoms. The molecule has 0 radical (unpaired) electrons. The highest BCUT2D eigenvalue weighted by atomic mass is 79.9. The van der Waals surface area contributed by atoms with Gasteiger partial charge in [0.1, 0.15) is 5.82 Å². The van der Waals surface area contributed by atoms with Crippen LogP contribution in [0.15, 0.2) is 33.3 Å². The van der Waals surface area contributed by atoms with Crippen molar-refractivity contribution in [1.82, 2.24) is 10.3 Å². The van der Waals surface area contributed by atoms with Crippen LogP contribution in [0.3, 0.4) is 0 Å². The van der Waals surface area contributed by atoms with Gasteiger partial charge >= 0.3 is 0 Å². The summed E-state index contributed by atoms with van der Waals surface area (Å²) in [6, 6.07) is 4.83. The molecule has 1 aromatic carbocycles. The molecule has 90 valence electrons. The molecule has 17 heavy (non-hydrogen) atoms. The second-order valence-corrected chi connectivity index (χ2v) is 4.61. The summed E-state index contributed by atoms with van der Waals surface area (Å²) >= 11 is 3.21. The van der Waals surface area contributed by atoms with E-state index in [1.807, 2.05) is 14.0 Å². The third kappa shape index (κ3) is 2.56. The van der Waals surface area contributed by atoms with Gasteiger partial charge in [0.05, 0.1) is 17.8 Å². The van der Waals surface area contributed by atoms with E-state index >= 15 is 0 Å². The van der Waals surface area contributed by atoms with E-state index in [1.54, 1.807) is 12.1 Å². The second kappa shape index (κ2) is 4.98. The van der Waals surface area contributed by atoms with E-state index in [0.717, 1.165) is 0 Å². The van der Waals surface area contributed by atoms with Crippen LogP contribution in [0.5, 0.6) is 0 Å². The SMILES string of the molecule is CNC(C)c1ncc(-c2ccc(Br)cc2F)o1. The maximum absolute atomic E-state index is 13.7. The average Bonchev–Trinajstić information content (AvgIpc) is 2.77. The Kier molecular flexibility index (Phi) is 3.59. The molecule has 0 aliphatic rings. The molecule has 5 heteroatoms. The van der Waals surface area contributed by atoms with Crippen molar-refractivity contribution in [3.8, 4) is 11.3 Å². The topological polar surface area (TPSA) is 38.1 Å². The largest absolute Gasteiger partial charge is 0.439 e. The van der Waals surface area contributed by atoms with Crippen molar-refractivity contribution in [1.29, 1.82) is 0 Å². The summed E-state index contributed by atoms with van der Waals surface area (Å²) < 4.78 is 19.9. The molecule has 0 spiro atoms. The zero-order valence-electron chi connectivity index (χ0n) is 9.50. The number of benzene rings is 1. The number of rotatable bonds is 3. The number of aromatic nitrogens is 1. The summed E-state index contributed by atoms with van der Waals surface area (Å²) in [6.45, 7) is 1.92. The summed E-state index contributed by atoms with van der Waals surface area (Å²) in [7, 11) is 1.81. The number of oxazole rings is 1. The zero-order valence-corrected chi connectivity index (χ0v) is 11.1. The van der Waals surface area contributed by atoms with Crippen LogP contribution < -0.4 is 5.32 Å². The van der Waals surface area contributed by atoms with Crippen molar-refractivity contribution in [3.63, 3.8) is 0 Å². The average molecular weight is 299 g/mol. The second-order valence-electron chi connectivity index (χ2n) is 3.70. The number of nitrogens with zero attached hydrogens (tertiary/aromatic N) is 1. The van der Waals surface area contributed by atoms with Crippen LogP contribution in [0.1, 0.15) is 18.9 Å². The zero-order chi connectivity index (χ0) is 12.4. The van der Waals surface area contributed by atoms with Gasteiger partial charge in [-0.05, 0) is 32.2 Å². The quantitative estimate of drug-likeness (QED) is 0.942. The van der Waals surface area contributed by atoms with Crippen LogP contribution in [-0.2, 0) is 0 Å². The van der Waals surface area contributed by atoms with Gasteiger partial charge in [0.15, 0.2) is 5.76 Å². The van der Waals surface area contributed by atoms with Crippen LogP contribution in [0.4, 0.5) is 4.39 Å². The van der Waals surface area contributed by atoms with Gasteiger partial charge in [0.2, 0.25) is 5.89 Å². The van der Waals surface area contributed by atoms with E-state index in [0.29, 0.717) is 21.7 Å². The number of hydrogen-bond donors (Lipinski definition) is 1. The van der Waals surface area contributed by atoms with Crippen LogP contribution >= 0.6 is 15.9 Å². The molecule has 1 heterocycles. The first-order valence-electron chi connectivity index (χ1n) is 5.20. The van der Waals surface area contributed by atoms with Gasteiger partial charge in [-0.1, -0.05) is 15.9 Å². The Balaban J connectivity index is 2.37. The fourth-order valence-corrected chi connectivity index (χ4v) is 1.76. The van der Waals surface area contributed by atoms with Crippen LogP contribution in [0, 0.1) is 5.82 Å². The summed E-state index contributed by atoms with van der Waals surface area (Å²) in [5, 5.41) is 3.01. The van der Waals surface area contributed by atoms with E-state index in [4.69, 9.17) is 4.42 Å². The summed E-state index contributed by atoms with van der Waals surface area (Å²) in [4.78, 5) is 4.12. The van der Waals surface area contributed by atoms with Crippen LogP contribution in [0.2, 0.25) is 0 Å². The molecule has 2 rings (SSSR count). The van der Waals surface area contributed by atoms with Crippen molar-refractivity contribution in [2.75, 3.05) is 7.05 Å². The summed E-state index contributed by atoms with van der Waals surface area (Å²) in [5.41, 5.74) is 0.412. The molecular formula is C12H12BrFN2O. The molecule has 1 aromatic heterocycles. The van der Waals surface area contributed by atoms with E-state index < -0.39 is 0 Å². The van der Waals surface area contributed by atoms with Crippen LogP contribution in [-0.4, -0.2) is 12.0 Å². The molecule has 0 saturated heterocycles. The van der Waals surface area contributed by atoms with Gasteiger partial charge in [0.25, 0.3) is 0 Å². The Morgan fingerprint density at radius 2 is 2.24 bits per heavy atom. The van der Waals surface area contributed by atoms with Crippen molar-refractivity contribution >= 4 is 15.9 Å². The number of nitrogens with one attached hydrogen (secondary N) is 1. The van der Waals surface area contributed by atoms with Gasteiger partial charge in [0, 0.05) is 4.47 Å². The van der Waals surface area contributed by atoms with E-state index in [-0.39, 0.29) is 11.9 Å². The Hall–Kier alpha value is -1.20. The van der Waals surface area contributed by atoms with Gasteiger partial charge in [-0.2, -0.15) is 0 Å². The molecule has 0 fully saturated rings. The normalized spacial score (nSPS) is 12.7. The third-order valence-electron chi connectivity index (χ3n) is 2.52. The highest BCUT2D eigenvalue weighted by Gasteiger charge is 2.14. The Morgan fingerprint density at radius 1 is 1.47 bits per heavy atom. The van der Waals surface area contributed by atoms with Crippen molar-refractivity contribution in [2.24, 2.45) is 0 Å². The fourth-order valence-electron chi connectivity index (χ4n) is 1.43. The molecule has 0 aliphatic carbocycles. The maximum atomic E-state index is 13.7. The number of halogens is 2. The van der Waals surface area contributed by atoms with E-state index in [1.165, 1.54) is 12.3 Å². The predicted octanol–water partition coefficient (Wildman–Crippen LogP) is 3.52. The smallest absolute Gasteiger partial charge is 0.211 e. The molecule has 1 atom stereocenters. The molecule has 0 saturated carbocycles. The van der Waals surface area contributed by atoms with E-state index in [2.05, 4.69) is 26.2 Å².